The molecule has 1 fully saturated rings. The summed E-state index contributed by atoms with van der Waals surface area (Å²) >= 11 is 0. The summed E-state index contributed by atoms with van der Waals surface area (Å²) in [4.78, 5) is 0. The fourth-order valence-corrected chi connectivity index (χ4v) is 1.90. The van der Waals surface area contributed by atoms with E-state index in [4.69, 9.17) is 0 Å². The van der Waals surface area contributed by atoms with Gasteiger partial charge in [0.25, 0.3) is 0 Å². The Balaban J connectivity index is 2.23. The molecule has 0 unspecified atom stereocenters. The predicted molar refractivity (Wildman–Crippen MR) is 41.7 cm³/mol. The van der Waals surface area contributed by atoms with E-state index in [2.05, 4.69) is 6.92 Å². The van der Waals surface area contributed by atoms with Crippen LogP contribution in [0.4, 0.5) is 13.2 Å². The van der Waals surface area contributed by atoms with Crippen LogP contribution in [0.15, 0.2) is 0 Å². The molecule has 0 spiro atoms. The minimum Gasteiger partial charge on any atom is -0.171 e. The molecule has 0 N–H and O–H groups in total. The van der Waals surface area contributed by atoms with E-state index in [0.29, 0.717) is 18.3 Å². The lowest BCUT2D eigenvalue weighted by atomic mass is 9.72. The van der Waals surface area contributed by atoms with Crippen LogP contribution in [0.25, 0.3) is 0 Å². The Labute approximate surface area is 71.1 Å². The van der Waals surface area contributed by atoms with Crippen LogP contribution in [0.3, 0.4) is 0 Å². The largest absolute Gasteiger partial charge is 0.391 e. The summed E-state index contributed by atoms with van der Waals surface area (Å²) in [6.07, 6.45) is -1.69. The van der Waals surface area contributed by atoms with Crippen LogP contribution in [-0.2, 0) is 0 Å². The number of hydrogen-bond donors (Lipinski definition) is 0. The summed E-state index contributed by atoms with van der Waals surface area (Å²) in [6, 6.07) is 0. The molecule has 1 aliphatic rings. The maximum atomic E-state index is 12.1. The molecule has 0 heterocycles. The van der Waals surface area contributed by atoms with E-state index in [1.54, 1.807) is 0 Å². The highest BCUT2D eigenvalue weighted by molar-refractivity contribution is 4.79. The standard InChI is InChI=1S/C9H15F3/c1-6-3-8(4-6)5-7(2)9(10,11)12/h6-8H,3-5H2,1-2H3/t6-,7-,8+/m0/s1. The highest BCUT2D eigenvalue weighted by Crippen LogP contribution is 2.41. The van der Waals surface area contributed by atoms with Crippen molar-refractivity contribution in [3.05, 3.63) is 0 Å². The SMILES string of the molecule is C[C@@H](C[C@H]1C[C@@H](C)C1)C(F)(F)F. The second kappa shape index (κ2) is 3.27. The molecule has 12 heavy (non-hydrogen) atoms. The molecule has 0 saturated heterocycles. The van der Waals surface area contributed by atoms with Gasteiger partial charge in [-0.25, -0.2) is 0 Å². The molecule has 0 aromatic carbocycles. The van der Waals surface area contributed by atoms with Crippen LogP contribution in [0.5, 0.6) is 0 Å². The molecule has 1 rings (SSSR count). The van der Waals surface area contributed by atoms with Crippen LogP contribution in [0, 0.1) is 17.8 Å². The Morgan fingerprint density at radius 3 is 2.17 bits per heavy atom. The molecule has 0 aromatic rings. The van der Waals surface area contributed by atoms with Gasteiger partial charge in [0.15, 0.2) is 0 Å². The lowest BCUT2D eigenvalue weighted by Gasteiger charge is -2.34. The molecule has 0 aliphatic heterocycles. The normalized spacial score (nSPS) is 32.8. The van der Waals surface area contributed by atoms with Crippen LogP contribution in [-0.4, -0.2) is 6.18 Å². The summed E-state index contributed by atoms with van der Waals surface area (Å²) in [7, 11) is 0. The van der Waals surface area contributed by atoms with E-state index in [9.17, 15) is 13.2 Å². The van der Waals surface area contributed by atoms with Crippen molar-refractivity contribution in [3.63, 3.8) is 0 Å². The van der Waals surface area contributed by atoms with Gasteiger partial charge in [0, 0.05) is 0 Å². The van der Waals surface area contributed by atoms with E-state index in [0.717, 1.165) is 12.8 Å². The molecule has 1 aliphatic carbocycles. The lowest BCUT2D eigenvalue weighted by Crippen LogP contribution is -2.28. The van der Waals surface area contributed by atoms with Crippen molar-refractivity contribution in [2.75, 3.05) is 0 Å². The summed E-state index contributed by atoms with van der Waals surface area (Å²) in [5, 5.41) is 0. The van der Waals surface area contributed by atoms with Crippen LogP contribution in [0.1, 0.15) is 33.1 Å². The molecule has 0 bridgehead atoms. The van der Waals surface area contributed by atoms with Gasteiger partial charge in [-0.05, 0) is 31.1 Å². The second-order valence-electron chi connectivity index (χ2n) is 4.12. The van der Waals surface area contributed by atoms with Crippen LogP contribution >= 0.6 is 0 Å². The Bertz CT molecular complexity index is 144. The van der Waals surface area contributed by atoms with Gasteiger partial charge in [-0.2, -0.15) is 13.2 Å². The zero-order valence-corrected chi connectivity index (χ0v) is 7.49. The van der Waals surface area contributed by atoms with Crippen molar-refractivity contribution >= 4 is 0 Å². The van der Waals surface area contributed by atoms with E-state index in [1.165, 1.54) is 6.92 Å². The third kappa shape index (κ3) is 2.39. The Morgan fingerprint density at radius 2 is 1.83 bits per heavy atom. The molecule has 0 nitrogen and oxygen atoms in total. The monoisotopic (exact) mass is 180 g/mol. The van der Waals surface area contributed by atoms with Gasteiger partial charge in [0.2, 0.25) is 0 Å². The topological polar surface area (TPSA) is 0 Å². The third-order valence-corrected chi connectivity index (χ3v) is 2.72. The van der Waals surface area contributed by atoms with Gasteiger partial charge < -0.3 is 0 Å². The van der Waals surface area contributed by atoms with E-state index < -0.39 is 12.1 Å². The van der Waals surface area contributed by atoms with Crippen molar-refractivity contribution in [2.45, 2.75) is 39.3 Å². The Hall–Kier alpha value is -0.210. The highest BCUT2D eigenvalue weighted by atomic mass is 19.4. The zero-order chi connectivity index (χ0) is 9.35. The van der Waals surface area contributed by atoms with Crippen LogP contribution < -0.4 is 0 Å². The van der Waals surface area contributed by atoms with E-state index in [-0.39, 0.29) is 0 Å². The number of halogens is 3. The first-order valence-electron chi connectivity index (χ1n) is 4.46. The summed E-state index contributed by atoms with van der Waals surface area (Å²) in [6.45, 7) is 3.37. The Kier molecular flexibility index (Phi) is 2.69. The van der Waals surface area contributed by atoms with Crippen molar-refractivity contribution in [3.8, 4) is 0 Å². The molecule has 0 radical (unpaired) electrons. The minimum absolute atomic E-state index is 0.327. The van der Waals surface area contributed by atoms with Crippen molar-refractivity contribution < 1.29 is 13.2 Å². The van der Waals surface area contributed by atoms with Gasteiger partial charge in [0.1, 0.15) is 0 Å². The van der Waals surface area contributed by atoms with E-state index >= 15 is 0 Å². The average molecular weight is 180 g/mol. The lowest BCUT2D eigenvalue weighted by molar-refractivity contribution is -0.176. The maximum Gasteiger partial charge on any atom is 0.391 e. The average Bonchev–Trinajstić information content (AvgIpc) is 1.82. The molecule has 1 atom stereocenters. The fourth-order valence-electron chi connectivity index (χ4n) is 1.90. The first-order valence-corrected chi connectivity index (χ1v) is 4.46. The van der Waals surface area contributed by atoms with E-state index in [1.807, 2.05) is 0 Å². The molecular weight excluding hydrogens is 165 g/mol. The van der Waals surface area contributed by atoms with Crippen molar-refractivity contribution in [1.29, 1.82) is 0 Å². The van der Waals surface area contributed by atoms with Crippen LogP contribution in [0.2, 0.25) is 0 Å². The number of hydrogen-bond acceptors (Lipinski definition) is 0. The molecule has 72 valence electrons. The first kappa shape index (κ1) is 9.87. The number of rotatable bonds is 2. The quantitative estimate of drug-likeness (QED) is 0.608. The minimum atomic E-state index is -3.99. The zero-order valence-electron chi connectivity index (χ0n) is 7.49. The summed E-state index contributed by atoms with van der Waals surface area (Å²) in [5.41, 5.74) is 0. The highest BCUT2D eigenvalue weighted by Gasteiger charge is 2.39. The molecule has 3 heteroatoms. The van der Waals surface area contributed by atoms with Gasteiger partial charge in [-0.15, -0.1) is 0 Å². The van der Waals surface area contributed by atoms with Gasteiger partial charge >= 0.3 is 6.18 Å². The molecule has 1 saturated carbocycles. The number of alkyl halides is 3. The molecular formula is C9H15F3. The Morgan fingerprint density at radius 1 is 1.33 bits per heavy atom. The summed E-state index contributed by atoms with van der Waals surface area (Å²) < 4.78 is 36.2. The second-order valence-corrected chi connectivity index (χ2v) is 4.12. The molecule has 0 amide bonds. The first-order chi connectivity index (χ1) is 5.39. The van der Waals surface area contributed by atoms with Gasteiger partial charge in [-0.3, -0.25) is 0 Å². The fraction of sp³-hybridized carbons (Fsp3) is 1.00. The van der Waals surface area contributed by atoms with Crippen molar-refractivity contribution in [2.24, 2.45) is 17.8 Å². The van der Waals surface area contributed by atoms with Gasteiger partial charge in [-0.1, -0.05) is 13.8 Å². The molecule has 0 aromatic heterocycles. The summed E-state index contributed by atoms with van der Waals surface area (Å²) in [5.74, 6) is -0.137. The maximum absolute atomic E-state index is 12.1. The third-order valence-electron chi connectivity index (χ3n) is 2.72. The smallest absolute Gasteiger partial charge is 0.171 e. The van der Waals surface area contributed by atoms with Gasteiger partial charge in [0.05, 0.1) is 5.92 Å². The predicted octanol–water partition coefficient (Wildman–Crippen LogP) is 3.62. The van der Waals surface area contributed by atoms with Crippen molar-refractivity contribution in [1.82, 2.24) is 0 Å².